The second-order valence-electron chi connectivity index (χ2n) is 5.32. The van der Waals surface area contributed by atoms with Crippen molar-refractivity contribution in [3.63, 3.8) is 0 Å². The van der Waals surface area contributed by atoms with Crippen LogP contribution in [0, 0.1) is 10.1 Å². The number of nitro benzene ring substituents is 1. The van der Waals surface area contributed by atoms with Gasteiger partial charge in [-0.05, 0) is 37.7 Å². The second kappa shape index (κ2) is 6.34. The van der Waals surface area contributed by atoms with E-state index in [2.05, 4.69) is 17.6 Å². The fourth-order valence-corrected chi connectivity index (χ4v) is 3.62. The molecule has 1 atom stereocenters. The summed E-state index contributed by atoms with van der Waals surface area (Å²) in [6, 6.07) is 4.51. The Bertz CT molecular complexity index is 556. The minimum absolute atomic E-state index is 0.0669. The predicted octanol–water partition coefficient (Wildman–Crippen LogP) is 2.65. The summed E-state index contributed by atoms with van der Waals surface area (Å²) >= 11 is 1.89. The average molecular weight is 309 g/mol. The van der Waals surface area contributed by atoms with Gasteiger partial charge in [0.25, 0.3) is 11.6 Å². The summed E-state index contributed by atoms with van der Waals surface area (Å²) in [6.45, 7) is 2.85. The van der Waals surface area contributed by atoms with Crippen LogP contribution in [-0.4, -0.2) is 34.9 Å². The van der Waals surface area contributed by atoms with Gasteiger partial charge in [0.2, 0.25) is 0 Å². The van der Waals surface area contributed by atoms with Gasteiger partial charge < -0.3 is 10.6 Å². The van der Waals surface area contributed by atoms with Crippen molar-refractivity contribution in [2.45, 2.75) is 24.5 Å². The molecule has 1 amide bonds. The van der Waals surface area contributed by atoms with Gasteiger partial charge in [-0.3, -0.25) is 14.9 Å². The number of rotatable bonds is 5. The van der Waals surface area contributed by atoms with Crippen LogP contribution in [0.4, 0.5) is 11.4 Å². The number of amides is 1. The molecule has 0 spiro atoms. The first-order valence-corrected chi connectivity index (χ1v) is 7.82. The summed E-state index contributed by atoms with van der Waals surface area (Å²) in [7, 11) is 1.50. The minimum atomic E-state index is -0.459. The summed E-state index contributed by atoms with van der Waals surface area (Å²) in [5.41, 5.74) is 0.681. The lowest BCUT2D eigenvalue weighted by atomic mass is 10.1. The lowest BCUT2D eigenvalue weighted by molar-refractivity contribution is -0.384. The van der Waals surface area contributed by atoms with Crippen LogP contribution in [0.5, 0.6) is 0 Å². The summed E-state index contributed by atoms with van der Waals surface area (Å²) in [5, 5.41) is 16.8. The number of nitrogens with one attached hydrogen (secondary N) is 2. The van der Waals surface area contributed by atoms with Crippen molar-refractivity contribution in [1.29, 1.82) is 0 Å². The Labute approximate surface area is 127 Å². The molecule has 1 saturated heterocycles. The molecule has 21 heavy (non-hydrogen) atoms. The van der Waals surface area contributed by atoms with Crippen LogP contribution >= 0.6 is 11.8 Å². The maximum Gasteiger partial charge on any atom is 0.293 e. The number of nitro groups is 1. The van der Waals surface area contributed by atoms with E-state index in [0.717, 1.165) is 12.2 Å². The van der Waals surface area contributed by atoms with E-state index in [1.54, 1.807) is 12.1 Å². The van der Waals surface area contributed by atoms with E-state index in [9.17, 15) is 14.9 Å². The van der Waals surface area contributed by atoms with Gasteiger partial charge in [0.1, 0.15) is 5.69 Å². The number of thioether (sulfide) groups is 1. The van der Waals surface area contributed by atoms with Crippen LogP contribution in [0.3, 0.4) is 0 Å². The van der Waals surface area contributed by atoms with Crippen LogP contribution in [0.1, 0.15) is 30.1 Å². The van der Waals surface area contributed by atoms with Crippen LogP contribution in [0.2, 0.25) is 0 Å². The van der Waals surface area contributed by atoms with Gasteiger partial charge >= 0.3 is 0 Å². The van der Waals surface area contributed by atoms with Crippen molar-refractivity contribution in [2.75, 3.05) is 24.7 Å². The molecule has 1 aromatic rings. The summed E-state index contributed by atoms with van der Waals surface area (Å²) in [6.07, 6.45) is 2.29. The molecular formula is C14H19N3O3S. The Morgan fingerprint density at radius 2 is 2.29 bits per heavy atom. The SMILES string of the molecule is CNC(=O)c1ccc(NCC2(C)CCCS2)c([N+](=O)[O-])c1. The zero-order valence-corrected chi connectivity index (χ0v) is 13.0. The fraction of sp³-hybridized carbons (Fsp3) is 0.500. The third kappa shape index (κ3) is 3.66. The summed E-state index contributed by atoms with van der Waals surface area (Å²) in [5.74, 6) is 0.804. The molecule has 1 aliphatic heterocycles. The molecule has 2 N–H and O–H groups in total. The van der Waals surface area contributed by atoms with Gasteiger partial charge in [-0.2, -0.15) is 11.8 Å². The topological polar surface area (TPSA) is 84.3 Å². The number of hydrogen-bond acceptors (Lipinski definition) is 5. The summed E-state index contributed by atoms with van der Waals surface area (Å²) < 4.78 is 0.118. The first-order valence-electron chi connectivity index (χ1n) is 6.83. The van der Waals surface area contributed by atoms with E-state index in [4.69, 9.17) is 0 Å². The second-order valence-corrected chi connectivity index (χ2v) is 7.01. The lowest BCUT2D eigenvalue weighted by Gasteiger charge is -2.23. The van der Waals surface area contributed by atoms with Gasteiger partial charge in [0, 0.05) is 30.0 Å². The van der Waals surface area contributed by atoms with E-state index in [-0.39, 0.29) is 21.9 Å². The molecule has 7 heteroatoms. The molecule has 0 saturated carbocycles. The Morgan fingerprint density at radius 1 is 1.52 bits per heavy atom. The molecule has 114 valence electrons. The first-order chi connectivity index (χ1) is 9.95. The molecule has 1 aliphatic rings. The van der Waals surface area contributed by atoms with Crippen LogP contribution in [0.25, 0.3) is 0 Å². The highest BCUT2D eigenvalue weighted by Gasteiger charge is 2.30. The third-order valence-electron chi connectivity index (χ3n) is 3.64. The molecule has 0 aliphatic carbocycles. The molecule has 2 rings (SSSR count). The zero-order chi connectivity index (χ0) is 15.5. The monoisotopic (exact) mass is 309 g/mol. The van der Waals surface area contributed by atoms with Gasteiger partial charge in [0.05, 0.1) is 4.92 Å². The fourth-order valence-electron chi connectivity index (χ4n) is 2.38. The number of nitrogens with zero attached hydrogens (tertiary/aromatic N) is 1. The van der Waals surface area contributed by atoms with Crippen molar-refractivity contribution in [1.82, 2.24) is 5.32 Å². The van der Waals surface area contributed by atoms with Gasteiger partial charge in [-0.25, -0.2) is 0 Å². The highest BCUT2D eigenvalue weighted by molar-refractivity contribution is 8.00. The molecular weight excluding hydrogens is 290 g/mol. The van der Waals surface area contributed by atoms with E-state index >= 15 is 0 Å². The van der Waals surface area contributed by atoms with Gasteiger partial charge in [-0.1, -0.05) is 0 Å². The Balaban J connectivity index is 2.18. The molecule has 0 radical (unpaired) electrons. The smallest absolute Gasteiger partial charge is 0.293 e. The highest BCUT2D eigenvalue weighted by Crippen LogP contribution is 2.38. The largest absolute Gasteiger partial charge is 0.378 e. The standard InChI is InChI=1S/C14H19N3O3S/c1-14(6-3-7-21-14)9-16-11-5-4-10(13(18)15-2)8-12(11)17(19)20/h4-5,8,16H,3,6-7,9H2,1-2H3,(H,15,18). The number of benzene rings is 1. The zero-order valence-electron chi connectivity index (χ0n) is 12.1. The van der Waals surface area contributed by atoms with Crippen molar-refractivity contribution >= 4 is 29.0 Å². The minimum Gasteiger partial charge on any atom is -0.378 e. The molecule has 0 aromatic heterocycles. The molecule has 6 nitrogen and oxygen atoms in total. The van der Waals surface area contributed by atoms with E-state index in [1.807, 2.05) is 11.8 Å². The molecule has 1 unspecified atom stereocenters. The third-order valence-corrected chi connectivity index (χ3v) is 5.18. The number of carbonyl (C=O) groups excluding carboxylic acids is 1. The molecule has 1 fully saturated rings. The quantitative estimate of drug-likeness (QED) is 0.645. The maximum absolute atomic E-state index is 11.6. The average Bonchev–Trinajstić information content (AvgIpc) is 2.91. The van der Waals surface area contributed by atoms with Crippen molar-refractivity contribution in [3.8, 4) is 0 Å². The molecule has 1 heterocycles. The lowest BCUT2D eigenvalue weighted by Crippen LogP contribution is -2.27. The van der Waals surface area contributed by atoms with E-state index in [1.165, 1.54) is 19.5 Å². The van der Waals surface area contributed by atoms with Crippen LogP contribution in [0.15, 0.2) is 18.2 Å². The molecule has 1 aromatic carbocycles. The van der Waals surface area contributed by atoms with E-state index < -0.39 is 4.92 Å². The maximum atomic E-state index is 11.6. The van der Waals surface area contributed by atoms with E-state index in [0.29, 0.717) is 12.2 Å². The van der Waals surface area contributed by atoms with Crippen LogP contribution in [-0.2, 0) is 0 Å². The predicted molar refractivity (Wildman–Crippen MR) is 85.1 cm³/mol. The Hall–Kier alpha value is -1.76. The number of hydrogen-bond donors (Lipinski definition) is 2. The van der Waals surface area contributed by atoms with Gasteiger partial charge in [-0.15, -0.1) is 0 Å². The van der Waals surface area contributed by atoms with Crippen LogP contribution < -0.4 is 10.6 Å². The van der Waals surface area contributed by atoms with Gasteiger partial charge in [0.15, 0.2) is 0 Å². The van der Waals surface area contributed by atoms with Crippen molar-refractivity contribution in [3.05, 3.63) is 33.9 Å². The normalized spacial score (nSPS) is 21.0. The number of carbonyl (C=O) groups is 1. The first kappa shape index (κ1) is 15.6. The summed E-state index contributed by atoms with van der Waals surface area (Å²) in [4.78, 5) is 22.3. The molecule has 0 bridgehead atoms. The Kier molecular flexibility index (Phi) is 4.72. The van der Waals surface area contributed by atoms with Crippen molar-refractivity contribution < 1.29 is 9.72 Å². The van der Waals surface area contributed by atoms with Crippen molar-refractivity contribution in [2.24, 2.45) is 0 Å². The Morgan fingerprint density at radius 3 is 2.86 bits per heavy atom. The highest BCUT2D eigenvalue weighted by atomic mass is 32.2. The number of anilines is 1.